The van der Waals surface area contributed by atoms with Crippen LogP contribution >= 0.6 is 0 Å². The molecule has 0 saturated heterocycles. The van der Waals surface area contributed by atoms with E-state index in [-0.39, 0.29) is 16.7 Å². The van der Waals surface area contributed by atoms with Crippen molar-refractivity contribution in [1.82, 2.24) is 5.32 Å². The predicted octanol–water partition coefficient (Wildman–Crippen LogP) is 4.64. The van der Waals surface area contributed by atoms with Gasteiger partial charge in [0.1, 0.15) is 0 Å². The molecule has 118 valence electrons. The smallest absolute Gasteiger partial charge is 0.225 e. The first-order valence-corrected chi connectivity index (χ1v) is 8.33. The number of rotatable bonds is 7. The van der Waals surface area contributed by atoms with Gasteiger partial charge in [0.15, 0.2) is 0 Å². The van der Waals surface area contributed by atoms with Crippen LogP contribution in [0.2, 0.25) is 0 Å². The first kappa shape index (κ1) is 17.5. The Morgan fingerprint density at radius 3 is 2.00 bits per heavy atom. The van der Waals surface area contributed by atoms with Crippen molar-refractivity contribution in [2.45, 2.75) is 74.1 Å². The second kappa shape index (κ2) is 6.49. The lowest BCUT2D eigenvalue weighted by Crippen LogP contribution is -2.39. The average molecular weight is 281 g/mol. The van der Waals surface area contributed by atoms with Gasteiger partial charge in [-0.1, -0.05) is 54.9 Å². The van der Waals surface area contributed by atoms with E-state index in [0.717, 1.165) is 37.1 Å². The Morgan fingerprint density at radius 2 is 1.55 bits per heavy atom. The second-order valence-corrected chi connectivity index (χ2v) is 8.76. The third-order valence-electron chi connectivity index (χ3n) is 4.88. The summed E-state index contributed by atoms with van der Waals surface area (Å²) in [6.07, 6.45) is 4.62. The van der Waals surface area contributed by atoms with Gasteiger partial charge in [0.25, 0.3) is 0 Å². The summed E-state index contributed by atoms with van der Waals surface area (Å²) in [4.78, 5) is 12.2. The van der Waals surface area contributed by atoms with Gasteiger partial charge in [-0.05, 0) is 42.4 Å². The summed E-state index contributed by atoms with van der Waals surface area (Å²) in [7, 11) is 0. The summed E-state index contributed by atoms with van der Waals surface area (Å²) >= 11 is 0. The molecule has 1 amide bonds. The molecule has 1 aliphatic carbocycles. The molecular formula is C18H35NO. The molecule has 1 saturated carbocycles. The van der Waals surface area contributed by atoms with Crippen molar-refractivity contribution < 1.29 is 4.79 Å². The fraction of sp³-hybridized carbons (Fsp3) is 0.944. The van der Waals surface area contributed by atoms with Crippen molar-refractivity contribution in [2.24, 2.45) is 28.6 Å². The molecule has 1 rings (SSSR count). The van der Waals surface area contributed by atoms with Crippen molar-refractivity contribution in [3.05, 3.63) is 0 Å². The Hall–Kier alpha value is -0.530. The van der Waals surface area contributed by atoms with E-state index in [0.29, 0.717) is 0 Å². The minimum Gasteiger partial charge on any atom is -0.356 e. The molecule has 1 fully saturated rings. The van der Waals surface area contributed by atoms with E-state index in [2.05, 4.69) is 53.8 Å². The summed E-state index contributed by atoms with van der Waals surface area (Å²) in [5.74, 6) is 3.01. The van der Waals surface area contributed by atoms with Crippen LogP contribution in [0.25, 0.3) is 0 Å². The van der Waals surface area contributed by atoms with E-state index < -0.39 is 0 Å². The summed E-state index contributed by atoms with van der Waals surface area (Å²) in [5, 5.41) is 3.12. The van der Waals surface area contributed by atoms with E-state index in [9.17, 15) is 4.79 Å². The monoisotopic (exact) mass is 281 g/mol. The molecule has 0 spiro atoms. The van der Waals surface area contributed by atoms with E-state index in [4.69, 9.17) is 0 Å². The third-order valence-corrected chi connectivity index (χ3v) is 4.88. The largest absolute Gasteiger partial charge is 0.356 e. The minimum atomic E-state index is -0.266. The number of hydrogen-bond donors (Lipinski definition) is 1. The van der Waals surface area contributed by atoms with E-state index in [1.54, 1.807) is 0 Å². The predicted molar refractivity (Wildman–Crippen MR) is 86.5 cm³/mol. The maximum Gasteiger partial charge on any atom is 0.225 e. The third kappa shape index (κ3) is 5.46. The van der Waals surface area contributed by atoms with Gasteiger partial charge >= 0.3 is 0 Å². The lowest BCUT2D eigenvalue weighted by Gasteiger charge is -2.31. The van der Waals surface area contributed by atoms with Crippen LogP contribution in [0, 0.1) is 28.6 Å². The van der Waals surface area contributed by atoms with Crippen LogP contribution in [0.1, 0.15) is 74.1 Å². The van der Waals surface area contributed by atoms with Crippen LogP contribution in [0.15, 0.2) is 0 Å². The summed E-state index contributed by atoms with van der Waals surface area (Å²) in [6.45, 7) is 16.2. The molecule has 1 N–H and O–H groups in total. The molecular weight excluding hydrogens is 246 g/mol. The Kier molecular flexibility index (Phi) is 5.69. The normalized spacial score (nSPS) is 26.4. The minimum absolute atomic E-state index is 0.194. The summed E-state index contributed by atoms with van der Waals surface area (Å²) in [6, 6.07) is 0. The Balaban J connectivity index is 2.16. The molecule has 0 aromatic heterocycles. The highest BCUT2D eigenvalue weighted by Gasteiger charge is 2.41. The van der Waals surface area contributed by atoms with Crippen molar-refractivity contribution in [3.63, 3.8) is 0 Å². The van der Waals surface area contributed by atoms with E-state index in [1.807, 2.05) is 0 Å². The van der Waals surface area contributed by atoms with Gasteiger partial charge in [0.2, 0.25) is 5.91 Å². The van der Waals surface area contributed by atoms with Gasteiger partial charge in [0, 0.05) is 12.0 Å². The molecule has 0 bridgehead atoms. The lowest BCUT2D eigenvalue weighted by atomic mass is 9.76. The van der Waals surface area contributed by atoms with Crippen LogP contribution in [-0.4, -0.2) is 12.5 Å². The zero-order chi connectivity index (χ0) is 15.6. The quantitative estimate of drug-likeness (QED) is 0.677. The fourth-order valence-electron chi connectivity index (χ4n) is 3.64. The van der Waals surface area contributed by atoms with Crippen LogP contribution in [-0.2, 0) is 4.79 Å². The van der Waals surface area contributed by atoms with Crippen LogP contribution in [0.3, 0.4) is 0 Å². The van der Waals surface area contributed by atoms with Gasteiger partial charge in [-0.2, -0.15) is 0 Å². The molecule has 2 heteroatoms. The van der Waals surface area contributed by atoms with Crippen LogP contribution < -0.4 is 5.32 Å². The van der Waals surface area contributed by atoms with Crippen molar-refractivity contribution in [3.8, 4) is 0 Å². The first-order valence-electron chi connectivity index (χ1n) is 8.33. The van der Waals surface area contributed by atoms with Gasteiger partial charge in [0.05, 0.1) is 0 Å². The van der Waals surface area contributed by atoms with Crippen LogP contribution in [0.5, 0.6) is 0 Å². The number of nitrogens with one attached hydrogen (secondary N) is 1. The molecule has 2 unspecified atom stereocenters. The average Bonchev–Trinajstić information content (AvgIpc) is 2.83. The maximum absolute atomic E-state index is 12.2. The van der Waals surface area contributed by atoms with Crippen molar-refractivity contribution >= 4 is 5.91 Å². The van der Waals surface area contributed by atoms with E-state index >= 15 is 0 Å². The summed E-state index contributed by atoms with van der Waals surface area (Å²) in [5.41, 5.74) is -0.0726. The van der Waals surface area contributed by atoms with Gasteiger partial charge in [-0.3, -0.25) is 4.79 Å². The molecule has 1 aliphatic rings. The Labute approximate surface area is 126 Å². The molecule has 0 aromatic rings. The molecule has 0 aromatic carbocycles. The van der Waals surface area contributed by atoms with Crippen molar-refractivity contribution in [2.75, 3.05) is 6.54 Å². The topological polar surface area (TPSA) is 29.1 Å². The summed E-state index contributed by atoms with van der Waals surface area (Å²) < 4.78 is 0. The van der Waals surface area contributed by atoms with Gasteiger partial charge in [-0.15, -0.1) is 0 Å². The standard InChI is InChI=1S/C18H35NO/c1-13-14(2)15(13)10-8-9-11-19-16(20)18(6,7)12-17(3,4)5/h13-15H,8-12H2,1-7H3,(H,19,20)/t13-,14?,15?/m1/s1. The highest BCUT2D eigenvalue weighted by Crippen LogP contribution is 2.48. The highest BCUT2D eigenvalue weighted by molar-refractivity contribution is 5.81. The van der Waals surface area contributed by atoms with Crippen LogP contribution in [0.4, 0.5) is 0 Å². The molecule has 0 heterocycles. The van der Waals surface area contributed by atoms with Gasteiger partial charge in [-0.25, -0.2) is 0 Å². The highest BCUT2D eigenvalue weighted by atomic mass is 16.2. The number of amides is 1. The SMILES string of the molecule is CC1C(CCCCNC(=O)C(C)(C)CC(C)(C)C)[C@@H]1C. The second-order valence-electron chi connectivity index (χ2n) is 8.76. The number of carbonyl (C=O) groups excluding carboxylic acids is 1. The lowest BCUT2D eigenvalue weighted by molar-refractivity contribution is -0.130. The molecule has 3 atom stereocenters. The first-order chi connectivity index (χ1) is 9.04. The maximum atomic E-state index is 12.2. The number of carbonyl (C=O) groups is 1. The van der Waals surface area contributed by atoms with E-state index in [1.165, 1.54) is 12.8 Å². The van der Waals surface area contributed by atoms with Gasteiger partial charge < -0.3 is 5.32 Å². The molecule has 0 aliphatic heterocycles. The Bertz CT molecular complexity index is 319. The molecule has 0 radical (unpaired) electrons. The zero-order valence-electron chi connectivity index (χ0n) is 14.7. The Morgan fingerprint density at radius 1 is 1.00 bits per heavy atom. The van der Waals surface area contributed by atoms with Crippen molar-refractivity contribution in [1.29, 1.82) is 0 Å². The fourth-order valence-corrected chi connectivity index (χ4v) is 3.64. The molecule has 2 nitrogen and oxygen atoms in total. The molecule has 20 heavy (non-hydrogen) atoms. The zero-order valence-corrected chi connectivity index (χ0v) is 14.7. The number of hydrogen-bond acceptors (Lipinski definition) is 1. The number of unbranched alkanes of at least 4 members (excludes halogenated alkanes) is 1.